The molecule has 2 heteroatoms. The van der Waals surface area contributed by atoms with Crippen molar-refractivity contribution in [3.8, 4) is 0 Å². The van der Waals surface area contributed by atoms with Crippen LogP contribution in [0, 0.1) is 11.8 Å². The molecule has 1 aromatic carbocycles. The van der Waals surface area contributed by atoms with Crippen molar-refractivity contribution in [3.63, 3.8) is 0 Å². The van der Waals surface area contributed by atoms with Crippen LogP contribution < -0.4 is 0 Å². The number of piperidine rings is 1. The zero-order chi connectivity index (χ0) is 13.0. The third-order valence-electron chi connectivity index (χ3n) is 3.69. The van der Waals surface area contributed by atoms with Crippen LogP contribution >= 0.6 is 0 Å². The SMILES string of the molecule is CC(C)C(=O)N1CCCC(Cc2ccccc2)C1. The van der Waals surface area contributed by atoms with Crippen molar-refractivity contribution in [1.29, 1.82) is 0 Å². The molecule has 0 saturated carbocycles. The molecule has 98 valence electrons. The van der Waals surface area contributed by atoms with Crippen LogP contribution in [0.3, 0.4) is 0 Å². The summed E-state index contributed by atoms with van der Waals surface area (Å²) in [5.41, 5.74) is 1.39. The number of amides is 1. The standard InChI is InChI=1S/C16H23NO/c1-13(2)16(18)17-10-6-9-15(12-17)11-14-7-4-3-5-8-14/h3-5,7-8,13,15H,6,9-12H2,1-2H3. The lowest BCUT2D eigenvalue weighted by molar-refractivity contribution is -0.136. The van der Waals surface area contributed by atoms with Crippen LogP contribution in [0.4, 0.5) is 0 Å². The van der Waals surface area contributed by atoms with Gasteiger partial charge in [0.2, 0.25) is 5.91 Å². The fourth-order valence-corrected chi connectivity index (χ4v) is 2.74. The van der Waals surface area contributed by atoms with Crippen molar-refractivity contribution < 1.29 is 4.79 Å². The lowest BCUT2D eigenvalue weighted by Gasteiger charge is -2.34. The number of hydrogen-bond acceptors (Lipinski definition) is 1. The zero-order valence-corrected chi connectivity index (χ0v) is 11.4. The molecule has 0 radical (unpaired) electrons. The fourth-order valence-electron chi connectivity index (χ4n) is 2.74. The van der Waals surface area contributed by atoms with Crippen LogP contribution in [0.5, 0.6) is 0 Å². The van der Waals surface area contributed by atoms with Crippen LogP contribution in [-0.2, 0) is 11.2 Å². The predicted molar refractivity (Wildman–Crippen MR) is 74.3 cm³/mol. The lowest BCUT2D eigenvalue weighted by atomic mass is 9.91. The number of benzene rings is 1. The first-order valence-corrected chi connectivity index (χ1v) is 6.99. The number of hydrogen-bond donors (Lipinski definition) is 0. The maximum Gasteiger partial charge on any atom is 0.225 e. The van der Waals surface area contributed by atoms with E-state index in [9.17, 15) is 4.79 Å². The van der Waals surface area contributed by atoms with Gasteiger partial charge in [-0.15, -0.1) is 0 Å². The van der Waals surface area contributed by atoms with Crippen molar-refractivity contribution in [2.24, 2.45) is 11.8 Å². The predicted octanol–water partition coefficient (Wildman–Crippen LogP) is 3.12. The average Bonchev–Trinajstić information content (AvgIpc) is 2.39. The Kier molecular flexibility index (Phi) is 4.40. The Bertz CT molecular complexity index is 385. The molecule has 2 rings (SSSR count). The quantitative estimate of drug-likeness (QED) is 0.801. The molecular weight excluding hydrogens is 222 g/mol. The van der Waals surface area contributed by atoms with E-state index in [1.165, 1.54) is 12.0 Å². The minimum Gasteiger partial charge on any atom is -0.342 e. The molecule has 1 saturated heterocycles. The molecule has 0 N–H and O–H groups in total. The molecule has 1 fully saturated rings. The molecule has 0 aliphatic carbocycles. The van der Waals surface area contributed by atoms with Gasteiger partial charge in [-0.1, -0.05) is 44.2 Å². The van der Waals surface area contributed by atoms with Crippen LogP contribution in [0.15, 0.2) is 30.3 Å². The summed E-state index contributed by atoms with van der Waals surface area (Å²) in [6.07, 6.45) is 3.50. The monoisotopic (exact) mass is 245 g/mol. The van der Waals surface area contributed by atoms with Gasteiger partial charge in [0.25, 0.3) is 0 Å². The fraction of sp³-hybridized carbons (Fsp3) is 0.562. The van der Waals surface area contributed by atoms with Crippen LogP contribution in [-0.4, -0.2) is 23.9 Å². The van der Waals surface area contributed by atoms with Gasteiger partial charge in [-0.25, -0.2) is 0 Å². The van der Waals surface area contributed by atoms with Gasteiger partial charge in [-0.3, -0.25) is 4.79 Å². The van der Waals surface area contributed by atoms with E-state index in [2.05, 4.69) is 35.2 Å². The summed E-state index contributed by atoms with van der Waals surface area (Å²) < 4.78 is 0. The van der Waals surface area contributed by atoms with Crippen LogP contribution in [0.1, 0.15) is 32.3 Å². The summed E-state index contributed by atoms with van der Waals surface area (Å²) in [7, 11) is 0. The second kappa shape index (κ2) is 6.03. The molecular formula is C16H23NO. The normalized spacial score (nSPS) is 20.2. The zero-order valence-electron chi connectivity index (χ0n) is 11.4. The molecule has 1 heterocycles. The Morgan fingerprint density at radius 3 is 2.72 bits per heavy atom. The van der Waals surface area contributed by atoms with Crippen LogP contribution in [0.2, 0.25) is 0 Å². The number of carbonyl (C=O) groups is 1. The van der Waals surface area contributed by atoms with E-state index in [0.29, 0.717) is 11.8 Å². The van der Waals surface area contributed by atoms with E-state index in [1.54, 1.807) is 0 Å². The highest BCUT2D eigenvalue weighted by Gasteiger charge is 2.24. The van der Waals surface area contributed by atoms with Gasteiger partial charge in [-0.2, -0.15) is 0 Å². The first kappa shape index (κ1) is 13.1. The molecule has 2 nitrogen and oxygen atoms in total. The Morgan fingerprint density at radius 2 is 2.06 bits per heavy atom. The van der Waals surface area contributed by atoms with E-state index in [-0.39, 0.29) is 5.92 Å². The molecule has 0 bridgehead atoms. The smallest absolute Gasteiger partial charge is 0.225 e. The van der Waals surface area contributed by atoms with Gasteiger partial charge in [0.15, 0.2) is 0 Å². The topological polar surface area (TPSA) is 20.3 Å². The average molecular weight is 245 g/mol. The molecule has 1 unspecified atom stereocenters. The summed E-state index contributed by atoms with van der Waals surface area (Å²) in [5.74, 6) is 1.07. The van der Waals surface area contributed by atoms with E-state index in [1.807, 2.05) is 13.8 Å². The molecule has 1 aromatic rings. The van der Waals surface area contributed by atoms with E-state index in [4.69, 9.17) is 0 Å². The third-order valence-corrected chi connectivity index (χ3v) is 3.69. The number of rotatable bonds is 3. The highest BCUT2D eigenvalue weighted by Crippen LogP contribution is 2.21. The molecule has 1 aliphatic heterocycles. The highest BCUT2D eigenvalue weighted by molar-refractivity contribution is 5.78. The second-order valence-electron chi connectivity index (χ2n) is 5.64. The summed E-state index contributed by atoms with van der Waals surface area (Å²) in [6, 6.07) is 10.6. The maximum absolute atomic E-state index is 12.0. The van der Waals surface area contributed by atoms with Gasteiger partial charge in [0.05, 0.1) is 0 Å². The summed E-state index contributed by atoms with van der Waals surface area (Å²) in [4.78, 5) is 14.1. The summed E-state index contributed by atoms with van der Waals surface area (Å²) in [5, 5.41) is 0. The molecule has 1 aliphatic rings. The van der Waals surface area contributed by atoms with Crippen molar-refractivity contribution in [1.82, 2.24) is 4.90 Å². The van der Waals surface area contributed by atoms with Gasteiger partial charge in [0, 0.05) is 19.0 Å². The molecule has 0 aromatic heterocycles. The summed E-state index contributed by atoms with van der Waals surface area (Å²) >= 11 is 0. The minimum atomic E-state index is 0.125. The van der Waals surface area contributed by atoms with E-state index < -0.39 is 0 Å². The lowest BCUT2D eigenvalue weighted by Crippen LogP contribution is -2.42. The minimum absolute atomic E-state index is 0.125. The Labute approximate surface area is 110 Å². The number of carbonyl (C=O) groups excluding carboxylic acids is 1. The highest BCUT2D eigenvalue weighted by atomic mass is 16.2. The van der Waals surface area contributed by atoms with Crippen molar-refractivity contribution >= 4 is 5.91 Å². The van der Waals surface area contributed by atoms with E-state index >= 15 is 0 Å². The molecule has 0 spiro atoms. The summed E-state index contributed by atoms with van der Waals surface area (Å²) in [6.45, 7) is 5.86. The number of nitrogens with zero attached hydrogens (tertiary/aromatic N) is 1. The first-order valence-electron chi connectivity index (χ1n) is 6.99. The molecule has 18 heavy (non-hydrogen) atoms. The van der Waals surface area contributed by atoms with Crippen molar-refractivity contribution in [2.75, 3.05) is 13.1 Å². The van der Waals surface area contributed by atoms with Gasteiger partial charge in [0.1, 0.15) is 0 Å². The van der Waals surface area contributed by atoms with Crippen LogP contribution in [0.25, 0.3) is 0 Å². The molecule has 1 atom stereocenters. The first-order chi connectivity index (χ1) is 8.66. The maximum atomic E-state index is 12.0. The molecule has 1 amide bonds. The van der Waals surface area contributed by atoms with E-state index in [0.717, 1.165) is 25.9 Å². The largest absolute Gasteiger partial charge is 0.342 e. The van der Waals surface area contributed by atoms with Gasteiger partial charge in [-0.05, 0) is 30.7 Å². The Morgan fingerprint density at radius 1 is 1.33 bits per heavy atom. The Balaban J connectivity index is 1.93. The number of likely N-dealkylation sites (tertiary alicyclic amines) is 1. The second-order valence-corrected chi connectivity index (χ2v) is 5.64. The Hall–Kier alpha value is -1.31. The van der Waals surface area contributed by atoms with Gasteiger partial charge >= 0.3 is 0 Å². The third kappa shape index (κ3) is 3.34. The van der Waals surface area contributed by atoms with Crippen molar-refractivity contribution in [3.05, 3.63) is 35.9 Å². The van der Waals surface area contributed by atoms with Crippen molar-refractivity contribution in [2.45, 2.75) is 33.1 Å². The van der Waals surface area contributed by atoms with Gasteiger partial charge < -0.3 is 4.90 Å².